The van der Waals surface area contributed by atoms with Gasteiger partial charge in [-0.2, -0.15) is 0 Å². The lowest BCUT2D eigenvalue weighted by atomic mass is 10.1. The van der Waals surface area contributed by atoms with Gasteiger partial charge in [-0.05, 0) is 38.6 Å². The second kappa shape index (κ2) is 13.8. The second-order valence-electron chi connectivity index (χ2n) is 5.85. The molecule has 0 radical (unpaired) electrons. The van der Waals surface area contributed by atoms with Crippen molar-refractivity contribution < 1.29 is 9.59 Å². The van der Waals surface area contributed by atoms with Crippen molar-refractivity contribution in [3.8, 4) is 0 Å². The summed E-state index contributed by atoms with van der Waals surface area (Å²) in [6, 6.07) is 0. The first kappa shape index (κ1) is 21.2. The molecule has 1 rings (SSSR count). The van der Waals surface area contributed by atoms with Crippen LogP contribution in [0.4, 0.5) is 0 Å². The van der Waals surface area contributed by atoms with Gasteiger partial charge in [-0.3, -0.25) is 9.59 Å². The molecule has 0 bridgehead atoms. The van der Waals surface area contributed by atoms with E-state index in [1.54, 1.807) is 0 Å². The van der Waals surface area contributed by atoms with Crippen LogP contribution in [0.2, 0.25) is 0 Å². The molecule has 0 aliphatic carbocycles. The van der Waals surface area contributed by atoms with Crippen molar-refractivity contribution >= 4 is 24.2 Å². The molecule has 1 fully saturated rings. The Balaban J connectivity index is 0.00000441. The van der Waals surface area contributed by atoms with Gasteiger partial charge < -0.3 is 16.0 Å². The van der Waals surface area contributed by atoms with Crippen LogP contribution in [0.1, 0.15) is 64.2 Å². The molecule has 1 aliphatic heterocycles. The average Bonchev–Trinajstić information content (AvgIpc) is 2.68. The van der Waals surface area contributed by atoms with Gasteiger partial charge in [0.2, 0.25) is 11.8 Å². The number of carbonyl (C=O) groups is 2. The number of nitrogens with two attached hydrogens (primary N) is 1. The first-order valence-corrected chi connectivity index (χ1v) is 8.48. The van der Waals surface area contributed by atoms with E-state index in [0.29, 0.717) is 19.4 Å². The summed E-state index contributed by atoms with van der Waals surface area (Å²) in [5, 5.41) is 2.94. The van der Waals surface area contributed by atoms with Crippen LogP contribution in [0.25, 0.3) is 0 Å². The highest BCUT2D eigenvalue weighted by Crippen LogP contribution is 2.11. The molecular weight excluding hydrogens is 302 g/mol. The third-order valence-corrected chi connectivity index (χ3v) is 3.96. The minimum absolute atomic E-state index is 0. The topological polar surface area (TPSA) is 75.4 Å². The van der Waals surface area contributed by atoms with E-state index >= 15 is 0 Å². The summed E-state index contributed by atoms with van der Waals surface area (Å²) in [5.74, 6) is 0.406. The van der Waals surface area contributed by atoms with Gasteiger partial charge in [0, 0.05) is 32.5 Å². The molecule has 0 aromatic rings. The molecule has 0 spiro atoms. The fraction of sp³-hybridized carbons (Fsp3) is 0.875. The number of likely N-dealkylation sites (tertiary alicyclic amines) is 1. The van der Waals surface area contributed by atoms with Crippen LogP contribution >= 0.6 is 12.4 Å². The molecule has 0 atom stereocenters. The van der Waals surface area contributed by atoms with E-state index < -0.39 is 0 Å². The second-order valence-corrected chi connectivity index (χ2v) is 5.85. The largest absolute Gasteiger partial charge is 0.356 e. The molecule has 3 N–H and O–H groups in total. The summed E-state index contributed by atoms with van der Waals surface area (Å²) in [7, 11) is 0. The van der Waals surface area contributed by atoms with Gasteiger partial charge in [0.25, 0.3) is 0 Å². The predicted molar refractivity (Wildman–Crippen MR) is 92.1 cm³/mol. The van der Waals surface area contributed by atoms with Crippen LogP contribution < -0.4 is 11.1 Å². The normalized spacial score (nSPS) is 15.1. The Hall–Kier alpha value is -0.810. The van der Waals surface area contributed by atoms with Crippen LogP contribution in [-0.2, 0) is 9.59 Å². The van der Waals surface area contributed by atoms with E-state index in [1.807, 2.05) is 4.90 Å². The Morgan fingerprint density at radius 1 is 1.09 bits per heavy atom. The molecular formula is C16H32ClN3O2. The summed E-state index contributed by atoms with van der Waals surface area (Å²) in [6.07, 6.45) is 9.61. The van der Waals surface area contributed by atoms with Crippen molar-refractivity contribution in [2.75, 3.05) is 26.2 Å². The highest BCUT2D eigenvalue weighted by molar-refractivity contribution is 5.85. The number of hydrogen-bond acceptors (Lipinski definition) is 3. The van der Waals surface area contributed by atoms with Crippen molar-refractivity contribution in [1.82, 2.24) is 10.2 Å². The molecule has 2 amide bonds. The Kier molecular flexibility index (Phi) is 13.3. The molecule has 22 heavy (non-hydrogen) atoms. The zero-order valence-corrected chi connectivity index (χ0v) is 14.5. The van der Waals surface area contributed by atoms with Crippen molar-refractivity contribution in [3.63, 3.8) is 0 Å². The van der Waals surface area contributed by atoms with Gasteiger partial charge >= 0.3 is 0 Å². The fourth-order valence-corrected chi connectivity index (χ4v) is 2.64. The number of carbonyl (C=O) groups excluding carboxylic acids is 2. The first-order chi connectivity index (χ1) is 10.2. The number of halogens is 1. The molecule has 0 aromatic carbocycles. The standard InChI is InChI=1S/C16H31N3O2.ClH/c17-11-6-2-1-4-9-15(20)18-12-8-14-19-13-7-3-5-10-16(19)21;/h1-14,17H2,(H,18,20);1H. The molecule has 5 nitrogen and oxygen atoms in total. The third kappa shape index (κ3) is 10.0. The average molecular weight is 334 g/mol. The maximum atomic E-state index is 11.8. The van der Waals surface area contributed by atoms with Crippen molar-refractivity contribution in [3.05, 3.63) is 0 Å². The van der Waals surface area contributed by atoms with E-state index in [2.05, 4.69) is 5.32 Å². The highest BCUT2D eigenvalue weighted by Gasteiger charge is 2.15. The number of hydrogen-bond donors (Lipinski definition) is 2. The summed E-state index contributed by atoms with van der Waals surface area (Å²) in [4.78, 5) is 25.4. The minimum atomic E-state index is 0. The molecule has 0 unspecified atom stereocenters. The van der Waals surface area contributed by atoms with E-state index in [0.717, 1.165) is 71.0 Å². The van der Waals surface area contributed by atoms with Gasteiger partial charge in [0.15, 0.2) is 0 Å². The molecule has 1 aliphatic rings. The summed E-state index contributed by atoms with van der Waals surface area (Å²) in [6.45, 7) is 3.07. The fourth-order valence-electron chi connectivity index (χ4n) is 2.64. The van der Waals surface area contributed by atoms with Crippen LogP contribution in [-0.4, -0.2) is 42.9 Å². The van der Waals surface area contributed by atoms with Crippen molar-refractivity contribution in [1.29, 1.82) is 0 Å². The van der Waals surface area contributed by atoms with Gasteiger partial charge in [-0.1, -0.05) is 19.3 Å². The quantitative estimate of drug-likeness (QED) is 0.602. The molecule has 130 valence electrons. The monoisotopic (exact) mass is 333 g/mol. The van der Waals surface area contributed by atoms with Crippen LogP contribution in [0.3, 0.4) is 0 Å². The molecule has 0 aromatic heterocycles. The van der Waals surface area contributed by atoms with E-state index in [4.69, 9.17) is 5.73 Å². The van der Waals surface area contributed by atoms with Gasteiger partial charge in [0.05, 0.1) is 0 Å². The van der Waals surface area contributed by atoms with Gasteiger partial charge in [-0.15, -0.1) is 12.4 Å². The third-order valence-electron chi connectivity index (χ3n) is 3.96. The van der Waals surface area contributed by atoms with E-state index in [9.17, 15) is 9.59 Å². The van der Waals surface area contributed by atoms with Crippen LogP contribution in [0.15, 0.2) is 0 Å². The number of amides is 2. The predicted octanol–water partition coefficient (Wildman–Crippen LogP) is 2.23. The lowest BCUT2D eigenvalue weighted by molar-refractivity contribution is -0.130. The molecule has 6 heteroatoms. The zero-order chi connectivity index (χ0) is 15.3. The van der Waals surface area contributed by atoms with E-state index in [-0.39, 0.29) is 24.2 Å². The summed E-state index contributed by atoms with van der Waals surface area (Å²) in [5.41, 5.74) is 5.43. The van der Waals surface area contributed by atoms with Gasteiger partial charge in [-0.25, -0.2) is 0 Å². The highest BCUT2D eigenvalue weighted by atomic mass is 35.5. The minimum Gasteiger partial charge on any atom is -0.356 e. The lowest BCUT2D eigenvalue weighted by Gasteiger charge is -2.20. The number of nitrogens with one attached hydrogen (secondary N) is 1. The summed E-state index contributed by atoms with van der Waals surface area (Å²) < 4.78 is 0. The smallest absolute Gasteiger partial charge is 0.222 e. The number of nitrogens with zero attached hydrogens (tertiary/aromatic N) is 1. The maximum absolute atomic E-state index is 11.8. The molecule has 1 heterocycles. The molecule has 0 saturated carbocycles. The molecule has 1 saturated heterocycles. The number of rotatable bonds is 10. The summed E-state index contributed by atoms with van der Waals surface area (Å²) >= 11 is 0. The lowest BCUT2D eigenvalue weighted by Crippen LogP contribution is -2.33. The van der Waals surface area contributed by atoms with Crippen LogP contribution in [0.5, 0.6) is 0 Å². The van der Waals surface area contributed by atoms with Crippen molar-refractivity contribution in [2.45, 2.75) is 64.2 Å². The first-order valence-electron chi connectivity index (χ1n) is 8.48. The maximum Gasteiger partial charge on any atom is 0.222 e. The van der Waals surface area contributed by atoms with E-state index in [1.165, 1.54) is 0 Å². The number of unbranched alkanes of at least 4 members (excludes halogenated alkanes) is 3. The SMILES string of the molecule is Cl.NCCCCCCC(=O)NCCCN1CCCCCC1=O. The Morgan fingerprint density at radius 3 is 2.64 bits per heavy atom. The Morgan fingerprint density at radius 2 is 1.86 bits per heavy atom. The Labute approximate surface area is 140 Å². The van der Waals surface area contributed by atoms with Crippen LogP contribution in [0, 0.1) is 0 Å². The van der Waals surface area contributed by atoms with Crippen molar-refractivity contribution in [2.24, 2.45) is 5.73 Å². The Bertz CT molecular complexity index is 314. The zero-order valence-electron chi connectivity index (χ0n) is 13.6. The van der Waals surface area contributed by atoms with Gasteiger partial charge in [0.1, 0.15) is 0 Å².